The van der Waals surface area contributed by atoms with E-state index in [1.807, 2.05) is 13.8 Å². The van der Waals surface area contributed by atoms with E-state index in [9.17, 15) is 8.42 Å². The molecule has 5 heteroatoms. The summed E-state index contributed by atoms with van der Waals surface area (Å²) in [5.41, 5.74) is -0.163. The van der Waals surface area contributed by atoms with E-state index < -0.39 is 9.84 Å². The average Bonchev–Trinajstić information content (AvgIpc) is 2.44. The van der Waals surface area contributed by atoms with Crippen LogP contribution in [0.4, 0.5) is 0 Å². The minimum atomic E-state index is -2.78. The highest BCUT2D eigenvalue weighted by Crippen LogP contribution is 2.18. The minimum Gasteiger partial charge on any atom is -0.379 e. The Morgan fingerprint density at radius 3 is 2.56 bits per heavy atom. The number of ether oxygens (including phenoxy) is 1. The molecule has 1 saturated heterocycles. The fourth-order valence-corrected chi connectivity index (χ4v) is 3.89. The lowest BCUT2D eigenvalue weighted by molar-refractivity contribution is 0.00792. The molecule has 1 heterocycles. The van der Waals surface area contributed by atoms with Crippen LogP contribution in [0.25, 0.3) is 0 Å². The van der Waals surface area contributed by atoms with E-state index in [2.05, 4.69) is 12.2 Å². The van der Waals surface area contributed by atoms with Gasteiger partial charge >= 0.3 is 0 Å². The Morgan fingerprint density at radius 2 is 2.12 bits per heavy atom. The fraction of sp³-hybridized carbons (Fsp3) is 1.00. The van der Waals surface area contributed by atoms with Gasteiger partial charge in [0.2, 0.25) is 0 Å². The first-order valence-corrected chi connectivity index (χ1v) is 7.58. The van der Waals surface area contributed by atoms with Gasteiger partial charge in [-0.25, -0.2) is 8.42 Å². The summed E-state index contributed by atoms with van der Waals surface area (Å²) in [4.78, 5) is 0. The predicted molar refractivity (Wildman–Crippen MR) is 65.4 cm³/mol. The van der Waals surface area contributed by atoms with Gasteiger partial charge in [-0.2, -0.15) is 0 Å². The lowest BCUT2D eigenvalue weighted by Gasteiger charge is -2.28. The average molecular weight is 249 g/mol. The zero-order chi connectivity index (χ0) is 12.4. The third-order valence-corrected chi connectivity index (χ3v) is 4.87. The van der Waals surface area contributed by atoms with Crippen LogP contribution in [0.3, 0.4) is 0 Å². The summed E-state index contributed by atoms with van der Waals surface area (Å²) in [5, 5.41) is 3.37. The monoisotopic (exact) mass is 249 g/mol. The maximum Gasteiger partial charge on any atom is 0.151 e. The van der Waals surface area contributed by atoms with Crippen LogP contribution >= 0.6 is 0 Å². The Balaban J connectivity index is 2.39. The van der Waals surface area contributed by atoms with E-state index in [-0.39, 0.29) is 23.4 Å². The van der Waals surface area contributed by atoms with Crippen LogP contribution in [0, 0.1) is 0 Å². The molecule has 1 rings (SSSR count). The second kappa shape index (κ2) is 5.02. The second-order valence-corrected chi connectivity index (χ2v) is 7.56. The van der Waals surface area contributed by atoms with Crippen molar-refractivity contribution in [3.05, 3.63) is 0 Å². The molecule has 2 atom stereocenters. The summed E-state index contributed by atoms with van der Waals surface area (Å²) in [6, 6.07) is 0.390. The first-order valence-electron chi connectivity index (χ1n) is 5.76. The summed E-state index contributed by atoms with van der Waals surface area (Å²) in [7, 11) is -1.08. The highest BCUT2D eigenvalue weighted by atomic mass is 32.2. The third-order valence-electron chi connectivity index (χ3n) is 3.10. The van der Waals surface area contributed by atoms with E-state index in [1.165, 1.54) is 0 Å². The number of hydrogen-bond donors (Lipinski definition) is 1. The number of nitrogens with one attached hydrogen (secondary N) is 1. The molecule has 0 amide bonds. The normalized spacial score (nSPS) is 26.9. The molecule has 16 heavy (non-hydrogen) atoms. The molecule has 0 aromatic rings. The van der Waals surface area contributed by atoms with Gasteiger partial charge in [-0.15, -0.1) is 0 Å². The Kier molecular flexibility index (Phi) is 4.37. The van der Waals surface area contributed by atoms with Crippen molar-refractivity contribution in [2.24, 2.45) is 0 Å². The molecule has 0 saturated carbocycles. The molecule has 0 aromatic heterocycles. The number of sulfone groups is 1. The van der Waals surface area contributed by atoms with Crippen LogP contribution in [0.15, 0.2) is 0 Å². The van der Waals surface area contributed by atoms with E-state index in [0.29, 0.717) is 5.75 Å². The molecule has 4 nitrogen and oxygen atoms in total. The van der Waals surface area contributed by atoms with Crippen LogP contribution < -0.4 is 5.32 Å². The highest BCUT2D eigenvalue weighted by molar-refractivity contribution is 7.91. The van der Waals surface area contributed by atoms with Crippen molar-refractivity contribution >= 4 is 9.84 Å². The SMILES string of the molecule is COC(C)(C)CC(C)NC1CCS(=O)(=O)C1. The van der Waals surface area contributed by atoms with Gasteiger partial charge in [-0.05, 0) is 33.6 Å². The highest BCUT2D eigenvalue weighted by Gasteiger charge is 2.29. The van der Waals surface area contributed by atoms with E-state index in [0.717, 1.165) is 12.8 Å². The summed E-state index contributed by atoms with van der Waals surface area (Å²) >= 11 is 0. The first kappa shape index (κ1) is 13.9. The molecule has 0 radical (unpaired) electrons. The third kappa shape index (κ3) is 4.39. The Hall–Kier alpha value is -0.130. The van der Waals surface area contributed by atoms with Crippen molar-refractivity contribution in [1.29, 1.82) is 0 Å². The minimum absolute atomic E-state index is 0.118. The zero-order valence-electron chi connectivity index (χ0n) is 10.6. The van der Waals surface area contributed by atoms with Gasteiger partial charge < -0.3 is 10.1 Å². The number of hydrogen-bond acceptors (Lipinski definition) is 4. The quantitative estimate of drug-likeness (QED) is 0.789. The van der Waals surface area contributed by atoms with Gasteiger partial charge in [0.25, 0.3) is 0 Å². The summed E-state index contributed by atoms with van der Waals surface area (Å²) in [6.07, 6.45) is 1.61. The topological polar surface area (TPSA) is 55.4 Å². The lowest BCUT2D eigenvalue weighted by Crippen LogP contribution is -2.41. The van der Waals surface area contributed by atoms with Crippen LogP contribution in [-0.2, 0) is 14.6 Å². The van der Waals surface area contributed by atoms with Gasteiger partial charge in [-0.1, -0.05) is 0 Å². The Morgan fingerprint density at radius 1 is 1.50 bits per heavy atom. The zero-order valence-corrected chi connectivity index (χ0v) is 11.4. The maximum atomic E-state index is 11.3. The molecule has 0 bridgehead atoms. The molecular weight excluding hydrogens is 226 g/mol. The first-order chi connectivity index (χ1) is 7.24. The van der Waals surface area contributed by atoms with Crippen LogP contribution in [0.1, 0.15) is 33.6 Å². The maximum absolute atomic E-state index is 11.3. The summed E-state index contributed by atoms with van der Waals surface area (Å²) in [6.45, 7) is 6.15. The van der Waals surface area contributed by atoms with Crippen LogP contribution in [0.2, 0.25) is 0 Å². The fourth-order valence-electron chi connectivity index (χ4n) is 2.21. The standard InChI is InChI=1S/C11H23NO3S/c1-9(7-11(2,3)15-4)12-10-5-6-16(13,14)8-10/h9-10,12H,5-8H2,1-4H3. The van der Waals surface area contributed by atoms with Gasteiger partial charge in [-0.3, -0.25) is 0 Å². The Labute approximate surface area is 98.7 Å². The number of rotatable bonds is 5. The van der Waals surface area contributed by atoms with Gasteiger partial charge in [0.05, 0.1) is 17.1 Å². The summed E-state index contributed by atoms with van der Waals surface area (Å²) in [5.74, 6) is 0.607. The number of methoxy groups -OCH3 is 1. The molecule has 1 fully saturated rings. The van der Waals surface area contributed by atoms with Gasteiger partial charge in [0, 0.05) is 19.2 Å². The second-order valence-electron chi connectivity index (χ2n) is 5.34. The molecule has 0 aromatic carbocycles. The van der Waals surface area contributed by atoms with Crippen LogP contribution in [-0.4, -0.2) is 44.7 Å². The van der Waals surface area contributed by atoms with E-state index in [1.54, 1.807) is 7.11 Å². The smallest absolute Gasteiger partial charge is 0.151 e. The molecule has 2 unspecified atom stereocenters. The molecule has 96 valence electrons. The molecular formula is C11H23NO3S. The van der Waals surface area contributed by atoms with E-state index >= 15 is 0 Å². The van der Waals surface area contributed by atoms with Crippen LogP contribution in [0.5, 0.6) is 0 Å². The van der Waals surface area contributed by atoms with Crippen molar-refractivity contribution in [3.63, 3.8) is 0 Å². The lowest BCUT2D eigenvalue weighted by atomic mass is 9.99. The van der Waals surface area contributed by atoms with Gasteiger partial charge in [0.1, 0.15) is 0 Å². The van der Waals surface area contributed by atoms with Gasteiger partial charge in [0.15, 0.2) is 9.84 Å². The van der Waals surface area contributed by atoms with Crippen molar-refractivity contribution in [2.75, 3.05) is 18.6 Å². The molecule has 0 aliphatic carbocycles. The van der Waals surface area contributed by atoms with E-state index in [4.69, 9.17) is 4.74 Å². The van der Waals surface area contributed by atoms with Crippen molar-refractivity contribution in [2.45, 2.75) is 51.3 Å². The van der Waals surface area contributed by atoms with Crippen molar-refractivity contribution < 1.29 is 13.2 Å². The molecule has 1 aliphatic heterocycles. The molecule has 0 spiro atoms. The predicted octanol–water partition coefficient (Wildman–Crippen LogP) is 0.967. The van der Waals surface area contributed by atoms with Crippen molar-refractivity contribution in [1.82, 2.24) is 5.32 Å². The Bertz CT molecular complexity index is 324. The molecule has 1 N–H and O–H groups in total. The summed E-state index contributed by atoms with van der Waals surface area (Å²) < 4.78 is 28.0. The van der Waals surface area contributed by atoms with Crippen molar-refractivity contribution in [3.8, 4) is 0 Å². The molecule has 1 aliphatic rings. The largest absolute Gasteiger partial charge is 0.379 e.